The molecule has 7 unspecified atom stereocenters. The van der Waals surface area contributed by atoms with Gasteiger partial charge in [-0.1, -0.05) is 240 Å². The predicted molar refractivity (Wildman–Crippen MR) is 299 cm³/mol. The second-order valence-corrected chi connectivity index (χ2v) is 20.0. The summed E-state index contributed by atoms with van der Waals surface area (Å²) < 4.78 is 11.2. The number of allylic oxidation sites excluding steroid dienone is 13. The van der Waals surface area contributed by atoms with Gasteiger partial charge >= 0.3 is 0 Å². The van der Waals surface area contributed by atoms with Crippen LogP contribution in [-0.2, 0) is 14.3 Å². The molecule has 0 aromatic carbocycles. The molecular formula is C62H109NO8. The SMILES string of the molecule is CC/C=C\C/C=C\C/C=C\C/C=C\CCCCC(=O)NC(COC1OC(CO)C(O)C(O)C1O)C(O)/C=C/CC/C=C/CC/C=C/CCCCCCCCCCCCCCCCCCCCCCCCC. The van der Waals surface area contributed by atoms with Gasteiger partial charge in [-0.15, -0.1) is 0 Å². The molecular weight excluding hydrogens is 887 g/mol. The molecule has 9 heteroatoms. The molecule has 1 aliphatic rings. The highest BCUT2D eigenvalue weighted by Gasteiger charge is 2.44. The number of carbonyl (C=O) groups excluding carboxylic acids is 1. The minimum atomic E-state index is -1.59. The Bertz CT molecular complexity index is 1390. The van der Waals surface area contributed by atoms with Crippen molar-refractivity contribution in [3.63, 3.8) is 0 Å². The number of carbonyl (C=O) groups is 1. The first-order valence-corrected chi connectivity index (χ1v) is 29.3. The molecule has 0 aromatic heterocycles. The second kappa shape index (κ2) is 50.9. The van der Waals surface area contributed by atoms with Gasteiger partial charge in [0.15, 0.2) is 6.29 Å². The highest BCUT2D eigenvalue weighted by Crippen LogP contribution is 2.23. The fourth-order valence-electron chi connectivity index (χ4n) is 8.83. The van der Waals surface area contributed by atoms with Crippen LogP contribution in [0.3, 0.4) is 0 Å². The van der Waals surface area contributed by atoms with Gasteiger partial charge in [0, 0.05) is 6.42 Å². The Morgan fingerprint density at radius 2 is 0.887 bits per heavy atom. The maximum absolute atomic E-state index is 13.0. The van der Waals surface area contributed by atoms with Gasteiger partial charge in [0.05, 0.1) is 25.4 Å². The fourth-order valence-corrected chi connectivity index (χ4v) is 8.83. The lowest BCUT2D eigenvalue weighted by Gasteiger charge is -2.40. The molecule has 1 amide bonds. The number of hydrogen-bond donors (Lipinski definition) is 6. The van der Waals surface area contributed by atoms with Crippen LogP contribution in [-0.4, -0.2) is 87.5 Å². The summed E-state index contributed by atoms with van der Waals surface area (Å²) in [6.07, 6.45) is 65.4. The van der Waals surface area contributed by atoms with Crippen LogP contribution < -0.4 is 5.32 Å². The highest BCUT2D eigenvalue weighted by molar-refractivity contribution is 5.76. The number of nitrogens with one attached hydrogen (secondary N) is 1. The molecule has 1 fully saturated rings. The summed E-state index contributed by atoms with van der Waals surface area (Å²) in [5.74, 6) is -0.233. The molecule has 410 valence electrons. The van der Waals surface area contributed by atoms with E-state index < -0.39 is 49.5 Å². The van der Waals surface area contributed by atoms with Crippen LogP contribution in [0.4, 0.5) is 0 Å². The fraction of sp³-hybridized carbons (Fsp3) is 0.758. The quantitative estimate of drug-likeness (QED) is 0.0261. The van der Waals surface area contributed by atoms with E-state index in [9.17, 15) is 30.3 Å². The maximum atomic E-state index is 13.0. The van der Waals surface area contributed by atoms with Crippen molar-refractivity contribution in [3.8, 4) is 0 Å². The zero-order valence-electron chi connectivity index (χ0n) is 45.5. The summed E-state index contributed by atoms with van der Waals surface area (Å²) in [5, 5.41) is 54.4. The Balaban J connectivity index is 2.21. The topological polar surface area (TPSA) is 149 Å². The average molecular weight is 997 g/mol. The molecule has 1 rings (SSSR count). The summed E-state index contributed by atoms with van der Waals surface area (Å²) in [5.41, 5.74) is 0. The first-order chi connectivity index (χ1) is 34.8. The van der Waals surface area contributed by atoms with Crippen molar-refractivity contribution < 1.29 is 39.8 Å². The van der Waals surface area contributed by atoms with E-state index in [0.717, 1.165) is 64.2 Å². The Labute approximate surface area is 435 Å². The highest BCUT2D eigenvalue weighted by atomic mass is 16.7. The van der Waals surface area contributed by atoms with E-state index in [1.807, 2.05) is 6.08 Å². The molecule has 1 aliphatic heterocycles. The van der Waals surface area contributed by atoms with Crippen molar-refractivity contribution in [2.45, 2.75) is 288 Å². The second-order valence-electron chi connectivity index (χ2n) is 20.0. The maximum Gasteiger partial charge on any atom is 0.220 e. The lowest BCUT2D eigenvalue weighted by molar-refractivity contribution is -0.302. The van der Waals surface area contributed by atoms with Crippen molar-refractivity contribution in [2.24, 2.45) is 0 Å². The Hall–Kier alpha value is -2.63. The molecule has 6 N–H and O–H groups in total. The van der Waals surface area contributed by atoms with Crippen molar-refractivity contribution in [2.75, 3.05) is 13.2 Å². The van der Waals surface area contributed by atoms with Crippen molar-refractivity contribution >= 4 is 5.91 Å². The minimum absolute atomic E-state index is 0.227. The molecule has 0 aromatic rings. The zero-order chi connectivity index (χ0) is 51.5. The van der Waals surface area contributed by atoms with Crippen LogP contribution in [0.1, 0.15) is 245 Å². The van der Waals surface area contributed by atoms with E-state index in [-0.39, 0.29) is 18.9 Å². The number of aliphatic hydroxyl groups is 5. The monoisotopic (exact) mass is 996 g/mol. The van der Waals surface area contributed by atoms with Gasteiger partial charge in [0.2, 0.25) is 5.91 Å². The van der Waals surface area contributed by atoms with Gasteiger partial charge in [0.25, 0.3) is 0 Å². The summed E-state index contributed by atoms with van der Waals surface area (Å²) in [7, 11) is 0. The normalized spacial score (nSPS) is 19.9. The lowest BCUT2D eigenvalue weighted by atomic mass is 9.99. The number of rotatable bonds is 49. The molecule has 0 aliphatic carbocycles. The van der Waals surface area contributed by atoms with Crippen LogP contribution in [0.2, 0.25) is 0 Å². The number of amides is 1. The molecule has 1 heterocycles. The van der Waals surface area contributed by atoms with Crippen LogP contribution in [0.25, 0.3) is 0 Å². The van der Waals surface area contributed by atoms with E-state index in [1.54, 1.807) is 6.08 Å². The number of aliphatic hydroxyl groups excluding tert-OH is 5. The Morgan fingerprint density at radius 1 is 0.493 bits per heavy atom. The molecule has 71 heavy (non-hydrogen) atoms. The summed E-state index contributed by atoms with van der Waals surface area (Å²) >= 11 is 0. The van der Waals surface area contributed by atoms with Crippen molar-refractivity contribution in [3.05, 3.63) is 85.1 Å². The summed E-state index contributed by atoms with van der Waals surface area (Å²) in [6.45, 7) is 3.62. The van der Waals surface area contributed by atoms with E-state index in [2.05, 4.69) is 92.1 Å². The lowest BCUT2D eigenvalue weighted by Crippen LogP contribution is -2.60. The largest absolute Gasteiger partial charge is 0.394 e. The molecule has 0 radical (unpaired) electrons. The van der Waals surface area contributed by atoms with Crippen LogP contribution >= 0.6 is 0 Å². The molecule has 0 saturated carbocycles. The smallest absolute Gasteiger partial charge is 0.220 e. The standard InChI is InChI=1S/C62H109NO8/c1-3-5-7-9-11-13-15-17-19-20-21-22-23-24-25-26-27-28-29-30-31-32-33-34-35-36-38-39-41-43-45-47-49-51-56(65)55(54-70-62-61(69)60(68)59(67)57(53-64)71-62)63-58(66)52-50-48-46-44-42-40-37-18-16-14-12-10-8-6-4-2/h6,8,12,14,18,35-37,41-44,49,51,55-57,59-62,64-65,67-69H,3-5,7,9-11,13,15-17,19-34,38-40,45-48,50,52-54H2,1-2H3,(H,63,66)/b8-6-,14-12-,36-35+,37-18-,43-41+,44-42-,51-49+. The summed E-state index contributed by atoms with van der Waals surface area (Å²) in [6, 6.07) is -0.855. The number of hydrogen-bond acceptors (Lipinski definition) is 8. The van der Waals surface area contributed by atoms with Crippen LogP contribution in [0, 0.1) is 0 Å². The molecule has 1 saturated heterocycles. The van der Waals surface area contributed by atoms with Crippen molar-refractivity contribution in [1.29, 1.82) is 0 Å². The Kier molecular flexibility index (Phi) is 47.6. The van der Waals surface area contributed by atoms with Gasteiger partial charge in [-0.3, -0.25) is 4.79 Å². The van der Waals surface area contributed by atoms with Gasteiger partial charge in [0.1, 0.15) is 24.4 Å². The van der Waals surface area contributed by atoms with Crippen molar-refractivity contribution in [1.82, 2.24) is 5.32 Å². The van der Waals surface area contributed by atoms with E-state index in [4.69, 9.17) is 9.47 Å². The molecule has 0 spiro atoms. The molecule has 9 nitrogen and oxygen atoms in total. The van der Waals surface area contributed by atoms with Gasteiger partial charge in [-0.25, -0.2) is 0 Å². The first-order valence-electron chi connectivity index (χ1n) is 29.3. The van der Waals surface area contributed by atoms with Gasteiger partial charge in [-0.2, -0.15) is 0 Å². The van der Waals surface area contributed by atoms with E-state index in [1.165, 1.54) is 148 Å². The van der Waals surface area contributed by atoms with Crippen LogP contribution in [0.5, 0.6) is 0 Å². The predicted octanol–water partition coefficient (Wildman–Crippen LogP) is 14.6. The zero-order valence-corrected chi connectivity index (χ0v) is 45.5. The number of ether oxygens (including phenoxy) is 2. The average Bonchev–Trinajstić information content (AvgIpc) is 3.37. The first kappa shape index (κ1) is 66.4. The minimum Gasteiger partial charge on any atom is -0.394 e. The summed E-state index contributed by atoms with van der Waals surface area (Å²) in [4.78, 5) is 13.0. The van der Waals surface area contributed by atoms with Gasteiger partial charge in [-0.05, 0) is 83.5 Å². The van der Waals surface area contributed by atoms with E-state index in [0.29, 0.717) is 12.8 Å². The third-order valence-corrected chi connectivity index (χ3v) is 13.4. The van der Waals surface area contributed by atoms with Crippen LogP contribution in [0.15, 0.2) is 85.1 Å². The molecule has 7 atom stereocenters. The molecule has 0 bridgehead atoms. The van der Waals surface area contributed by atoms with E-state index >= 15 is 0 Å². The Morgan fingerprint density at radius 3 is 1.35 bits per heavy atom. The third-order valence-electron chi connectivity index (χ3n) is 13.4. The van der Waals surface area contributed by atoms with Gasteiger partial charge < -0.3 is 40.3 Å². The number of unbranched alkanes of at least 4 members (excludes halogenated alkanes) is 27. The third kappa shape index (κ3) is 40.4.